The van der Waals surface area contributed by atoms with E-state index in [1.807, 2.05) is 0 Å². The highest BCUT2D eigenvalue weighted by Crippen LogP contribution is 2.27. The second-order valence-corrected chi connectivity index (χ2v) is 8.71. The smallest absolute Gasteiger partial charge is 0.273 e. The van der Waals surface area contributed by atoms with Crippen LogP contribution in [0.3, 0.4) is 0 Å². The lowest BCUT2D eigenvalue weighted by Gasteiger charge is -2.32. The van der Waals surface area contributed by atoms with E-state index >= 15 is 0 Å². The Hall–Kier alpha value is -3.36. The number of rotatable bonds is 6. The Bertz CT molecular complexity index is 1020. The summed E-state index contributed by atoms with van der Waals surface area (Å²) in [6.07, 6.45) is 8.85. The molecule has 0 atom stereocenters. The van der Waals surface area contributed by atoms with E-state index in [9.17, 15) is 18.8 Å². The van der Waals surface area contributed by atoms with Crippen LogP contribution in [-0.4, -0.2) is 51.7 Å². The van der Waals surface area contributed by atoms with Crippen LogP contribution in [0.2, 0.25) is 0 Å². The Balaban J connectivity index is 1.31. The summed E-state index contributed by atoms with van der Waals surface area (Å²) in [4.78, 5) is 47.8. The maximum absolute atomic E-state index is 13.4. The average molecular weight is 454 g/mol. The average Bonchev–Trinajstić information content (AvgIpc) is 3.32. The monoisotopic (exact) mass is 453 g/mol. The standard InChI is InChI=1S/C24H28FN5O3/c25-18-7-3-6-17(15-18)24(33)30-12-8-19(9-13-30)28-23(32)21-22(27-11-10-26-21)29-20(31)14-16-4-1-2-5-16/h3,6-7,10-11,15-16,19H,1-2,4-5,8-9,12-14H2,(H,28,32)(H,27,29,31). The van der Waals surface area contributed by atoms with Gasteiger partial charge in [-0.25, -0.2) is 14.4 Å². The van der Waals surface area contributed by atoms with E-state index in [2.05, 4.69) is 20.6 Å². The first-order chi connectivity index (χ1) is 16.0. The summed E-state index contributed by atoms with van der Waals surface area (Å²) in [5, 5.41) is 5.68. The van der Waals surface area contributed by atoms with E-state index in [1.54, 1.807) is 11.0 Å². The summed E-state index contributed by atoms with van der Waals surface area (Å²) in [7, 11) is 0. The Labute approximate surface area is 192 Å². The second kappa shape index (κ2) is 10.5. The molecule has 33 heavy (non-hydrogen) atoms. The molecule has 1 saturated carbocycles. The Kier molecular flexibility index (Phi) is 7.26. The first kappa shape index (κ1) is 22.8. The van der Waals surface area contributed by atoms with Crippen LogP contribution in [0.25, 0.3) is 0 Å². The van der Waals surface area contributed by atoms with Gasteiger partial charge in [-0.1, -0.05) is 18.9 Å². The predicted molar refractivity (Wildman–Crippen MR) is 120 cm³/mol. The third-order valence-electron chi connectivity index (χ3n) is 6.31. The van der Waals surface area contributed by atoms with Gasteiger partial charge in [0, 0.05) is 43.5 Å². The van der Waals surface area contributed by atoms with Gasteiger partial charge in [-0.2, -0.15) is 0 Å². The quantitative estimate of drug-likeness (QED) is 0.699. The number of piperidine rings is 1. The molecule has 174 valence electrons. The van der Waals surface area contributed by atoms with Crippen molar-refractivity contribution in [3.63, 3.8) is 0 Å². The summed E-state index contributed by atoms with van der Waals surface area (Å²) in [5.74, 6) is -0.677. The van der Waals surface area contributed by atoms with E-state index in [4.69, 9.17) is 0 Å². The highest BCUT2D eigenvalue weighted by molar-refractivity contribution is 6.01. The van der Waals surface area contributed by atoms with Crippen molar-refractivity contribution in [2.45, 2.75) is 51.0 Å². The molecule has 1 aliphatic heterocycles. The summed E-state index contributed by atoms with van der Waals surface area (Å²) in [6, 6.07) is 5.50. The van der Waals surface area contributed by atoms with Gasteiger partial charge in [0.1, 0.15) is 5.82 Å². The number of anilines is 1. The van der Waals surface area contributed by atoms with E-state index in [0.29, 0.717) is 43.8 Å². The largest absolute Gasteiger partial charge is 0.348 e. The number of hydrogen-bond donors (Lipinski definition) is 2. The van der Waals surface area contributed by atoms with Crippen molar-refractivity contribution in [1.29, 1.82) is 0 Å². The zero-order valence-corrected chi connectivity index (χ0v) is 18.4. The molecule has 0 unspecified atom stereocenters. The number of carbonyl (C=O) groups excluding carboxylic acids is 3. The molecule has 1 aromatic carbocycles. The van der Waals surface area contributed by atoms with E-state index in [1.165, 1.54) is 30.6 Å². The Morgan fingerprint density at radius 3 is 2.48 bits per heavy atom. The van der Waals surface area contributed by atoms with E-state index in [-0.39, 0.29) is 29.4 Å². The zero-order valence-electron chi connectivity index (χ0n) is 18.4. The van der Waals surface area contributed by atoms with Crippen LogP contribution < -0.4 is 10.6 Å². The van der Waals surface area contributed by atoms with Crippen LogP contribution in [0.5, 0.6) is 0 Å². The zero-order chi connectivity index (χ0) is 23.2. The van der Waals surface area contributed by atoms with Crippen molar-refractivity contribution in [2.24, 2.45) is 5.92 Å². The van der Waals surface area contributed by atoms with Gasteiger partial charge >= 0.3 is 0 Å². The van der Waals surface area contributed by atoms with Gasteiger partial charge in [0.15, 0.2) is 11.5 Å². The number of nitrogens with one attached hydrogen (secondary N) is 2. The van der Waals surface area contributed by atoms with Crippen molar-refractivity contribution in [3.05, 3.63) is 53.7 Å². The molecule has 1 aromatic heterocycles. The lowest BCUT2D eigenvalue weighted by Crippen LogP contribution is -2.46. The van der Waals surface area contributed by atoms with E-state index < -0.39 is 11.7 Å². The van der Waals surface area contributed by atoms with E-state index in [0.717, 1.165) is 25.7 Å². The van der Waals surface area contributed by atoms with Crippen LogP contribution in [0.15, 0.2) is 36.7 Å². The van der Waals surface area contributed by atoms with Crippen molar-refractivity contribution >= 4 is 23.5 Å². The third kappa shape index (κ3) is 5.91. The van der Waals surface area contributed by atoms with Gasteiger partial charge in [-0.15, -0.1) is 0 Å². The summed E-state index contributed by atoms with van der Waals surface area (Å²) in [6.45, 7) is 0.900. The maximum Gasteiger partial charge on any atom is 0.273 e. The maximum atomic E-state index is 13.4. The molecule has 2 aliphatic rings. The predicted octanol–water partition coefficient (Wildman–Crippen LogP) is 3.17. The summed E-state index contributed by atoms with van der Waals surface area (Å²) in [5.41, 5.74) is 0.394. The summed E-state index contributed by atoms with van der Waals surface area (Å²) >= 11 is 0. The molecule has 0 bridgehead atoms. The normalized spacial score (nSPS) is 17.1. The molecule has 1 saturated heterocycles. The molecular formula is C24H28FN5O3. The van der Waals surface area contributed by atoms with Crippen LogP contribution in [0.1, 0.15) is 65.8 Å². The van der Waals surface area contributed by atoms with Gasteiger partial charge in [0.05, 0.1) is 0 Å². The van der Waals surface area contributed by atoms with Gasteiger partial charge in [0.2, 0.25) is 5.91 Å². The van der Waals surface area contributed by atoms with Gasteiger partial charge < -0.3 is 15.5 Å². The third-order valence-corrected chi connectivity index (χ3v) is 6.31. The van der Waals surface area contributed by atoms with Crippen LogP contribution in [-0.2, 0) is 4.79 Å². The SMILES string of the molecule is O=C(CC1CCCC1)Nc1nccnc1C(=O)NC1CCN(C(=O)c2cccc(F)c2)CC1. The minimum absolute atomic E-state index is 0.0792. The molecule has 0 radical (unpaired) electrons. The fraction of sp³-hybridized carbons (Fsp3) is 0.458. The molecule has 2 heterocycles. The second-order valence-electron chi connectivity index (χ2n) is 8.71. The number of hydrogen-bond acceptors (Lipinski definition) is 5. The summed E-state index contributed by atoms with van der Waals surface area (Å²) < 4.78 is 13.4. The molecule has 9 heteroatoms. The highest BCUT2D eigenvalue weighted by Gasteiger charge is 2.27. The van der Waals surface area contributed by atoms with Gasteiger partial charge in [0.25, 0.3) is 11.8 Å². The minimum atomic E-state index is -0.446. The number of aromatic nitrogens is 2. The van der Waals surface area contributed by atoms with Crippen LogP contribution in [0.4, 0.5) is 10.2 Å². The number of halogens is 1. The molecule has 2 N–H and O–H groups in total. The number of benzene rings is 1. The molecule has 0 spiro atoms. The molecule has 4 rings (SSSR count). The van der Waals surface area contributed by atoms with Crippen molar-refractivity contribution < 1.29 is 18.8 Å². The lowest BCUT2D eigenvalue weighted by atomic mass is 10.0. The minimum Gasteiger partial charge on any atom is -0.348 e. The molecule has 1 aliphatic carbocycles. The fourth-order valence-corrected chi connectivity index (χ4v) is 4.54. The molecule has 3 amide bonds. The Morgan fingerprint density at radius 2 is 1.76 bits per heavy atom. The molecule has 2 fully saturated rings. The first-order valence-electron chi connectivity index (χ1n) is 11.5. The van der Waals surface area contributed by atoms with Crippen molar-refractivity contribution in [2.75, 3.05) is 18.4 Å². The number of amides is 3. The number of carbonyl (C=O) groups is 3. The van der Waals surface area contributed by atoms with Gasteiger partial charge in [-0.05, 0) is 49.8 Å². The Morgan fingerprint density at radius 1 is 1.03 bits per heavy atom. The molecule has 8 nitrogen and oxygen atoms in total. The molecule has 2 aromatic rings. The molecular weight excluding hydrogens is 425 g/mol. The number of nitrogens with zero attached hydrogens (tertiary/aromatic N) is 3. The first-order valence-corrected chi connectivity index (χ1v) is 11.5. The highest BCUT2D eigenvalue weighted by atomic mass is 19.1. The topological polar surface area (TPSA) is 104 Å². The van der Waals surface area contributed by atoms with Crippen LogP contribution in [0, 0.1) is 11.7 Å². The number of likely N-dealkylation sites (tertiary alicyclic amines) is 1. The lowest BCUT2D eigenvalue weighted by molar-refractivity contribution is -0.117. The van der Waals surface area contributed by atoms with Crippen molar-refractivity contribution in [1.82, 2.24) is 20.2 Å². The van der Waals surface area contributed by atoms with Gasteiger partial charge in [-0.3, -0.25) is 14.4 Å². The van der Waals surface area contributed by atoms with Crippen molar-refractivity contribution in [3.8, 4) is 0 Å². The fourth-order valence-electron chi connectivity index (χ4n) is 4.54. The van der Waals surface area contributed by atoms with Crippen LogP contribution >= 0.6 is 0 Å².